The lowest BCUT2D eigenvalue weighted by Crippen LogP contribution is -2.32. The molecule has 1 aliphatic heterocycles. The minimum Gasteiger partial charge on any atom is -0.299 e. The van der Waals surface area contributed by atoms with Crippen LogP contribution in [0.3, 0.4) is 0 Å². The van der Waals surface area contributed by atoms with E-state index in [0.717, 1.165) is 32.5 Å². The third-order valence-corrected chi connectivity index (χ3v) is 3.26. The van der Waals surface area contributed by atoms with Crippen LogP contribution >= 0.6 is 0 Å². The smallest absolute Gasteiger partial charge is 0.0991 e. The van der Waals surface area contributed by atoms with E-state index in [1.165, 1.54) is 5.56 Å². The zero-order valence-corrected chi connectivity index (χ0v) is 9.76. The van der Waals surface area contributed by atoms with Gasteiger partial charge in [0.15, 0.2) is 0 Å². The van der Waals surface area contributed by atoms with Crippen LogP contribution in [0.25, 0.3) is 0 Å². The van der Waals surface area contributed by atoms with Crippen LogP contribution in [0, 0.1) is 28.6 Å². The molecule has 3 heteroatoms. The lowest BCUT2D eigenvalue weighted by atomic mass is 9.98. The van der Waals surface area contributed by atoms with Crippen molar-refractivity contribution in [3.05, 3.63) is 35.4 Å². The molecule has 0 radical (unpaired) electrons. The Morgan fingerprint density at radius 2 is 1.76 bits per heavy atom. The van der Waals surface area contributed by atoms with E-state index in [0.29, 0.717) is 5.56 Å². The Morgan fingerprint density at radius 3 is 2.29 bits per heavy atom. The summed E-state index contributed by atoms with van der Waals surface area (Å²) in [5.74, 6) is 0.243. The summed E-state index contributed by atoms with van der Waals surface area (Å²) in [4.78, 5) is 2.37. The lowest BCUT2D eigenvalue weighted by molar-refractivity contribution is 0.198. The van der Waals surface area contributed by atoms with E-state index in [1.807, 2.05) is 24.3 Å². The number of nitrogens with zero attached hydrogens (tertiary/aromatic N) is 3. The first-order chi connectivity index (χ1) is 8.31. The average molecular weight is 225 g/mol. The Hall–Kier alpha value is -1.84. The summed E-state index contributed by atoms with van der Waals surface area (Å²) in [6.07, 6.45) is 1.96. The summed E-state index contributed by atoms with van der Waals surface area (Å²) in [6, 6.07) is 12.2. The van der Waals surface area contributed by atoms with Gasteiger partial charge in [0.1, 0.15) is 0 Å². The fourth-order valence-electron chi connectivity index (χ4n) is 2.16. The van der Waals surface area contributed by atoms with Gasteiger partial charge in [0, 0.05) is 12.5 Å². The standard InChI is InChI=1S/C14H15N3/c15-9-12-1-3-14(4-2-12)11-17-7-5-13(10-16)6-8-17/h1-4,13H,5-8,11H2. The molecule has 1 aromatic rings. The molecule has 3 nitrogen and oxygen atoms in total. The van der Waals surface area contributed by atoms with Crippen LogP contribution in [0.2, 0.25) is 0 Å². The minimum atomic E-state index is 0.243. The Morgan fingerprint density at radius 1 is 1.12 bits per heavy atom. The maximum absolute atomic E-state index is 8.83. The largest absolute Gasteiger partial charge is 0.299 e. The SMILES string of the molecule is N#Cc1ccc(CN2CCC(C#N)CC2)cc1. The van der Waals surface area contributed by atoms with Gasteiger partial charge in [-0.25, -0.2) is 0 Å². The summed E-state index contributed by atoms with van der Waals surface area (Å²) >= 11 is 0. The van der Waals surface area contributed by atoms with E-state index in [2.05, 4.69) is 17.0 Å². The third kappa shape index (κ3) is 3.06. The van der Waals surface area contributed by atoms with Crippen molar-refractivity contribution in [2.24, 2.45) is 5.92 Å². The molecule has 1 heterocycles. The second kappa shape index (κ2) is 5.48. The first-order valence-electron chi connectivity index (χ1n) is 5.93. The molecule has 0 unspecified atom stereocenters. The number of likely N-dealkylation sites (tertiary alicyclic amines) is 1. The van der Waals surface area contributed by atoms with Crippen LogP contribution in [0.15, 0.2) is 24.3 Å². The van der Waals surface area contributed by atoms with Gasteiger partial charge in [0.25, 0.3) is 0 Å². The van der Waals surface area contributed by atoms with E-state index in [-0.39, 0.29) is 5.92 Å². The van der Waals surface area contributed by atoms with Crippen molar-refractivity contribution in [3.63, 3.8) is 0 Å². The normalized spacial score (nSPS) is 17.3. The van der Waals surface area contributed by atoms with Gasteiger partial charge in [-0.1, -0.05) is 12.1 Å². The van der Waals surface area contributed by atoms with Crippen LogP contribution in [0.5, 0.6) is 0 Å². The van der Waals surface area contributed by atoms with Crippen molar-refractivity contribution in [1.29, 1.82) is 10.5 Å². The number of hydrogen-bond acceptors (Lipinski definition) is 3. The van der Waals surface area contributed by atoms with Gasteiger partial charge >= 0.3 is 0 Å². The molecule has 17 heavy (non-hydrogen) atoms. The monoisotopic (exact) mass is 225 g/mol. The highest BCUT2D eigenvalue weighted by molar-refractivity contribution is 5.31. The van der Waals surface area contributed by atoms with E-state index in [9.17, 15) is 0 Å². The molecule has 0 N–H and O–H groups in total. The summed E-state index contributed by atoms with van der Waals surface area (Å²) in [5, 5.41) is 17.5. The predicted octanol–water partition coefficient (Wildman–Crippen LogP) is 2.29. The van der Waals surface area contributed by atoms with E-state index < -0.39 is 0 Å². The first-order valence-corrected chi connectivity index (χ1v) is 5.93. The molecule has 86 valence electrons. The second-order valence-electron chi connectivity index (χ2n) is 4.49. The van der Waals surface area contributed by atoms with Crippen LogP contribution < -0.4 is 0 Å². The summed E-state index contributed by atoms with van der Waals surface area (Å²) in [6.45, 7) is 2.92. The maximum atomic E-state index is 8.83. The Labute approximate surface area is 102 Å². The predicted molar refractivity (Wildman–Crippen MR) is 64.8 cm³/mol. The summed E-state index contributed by atoms with van der Waals surface area (Å²) in [5.41, 5.74) is 1.94. The van der Waals surface area contributed by atoms with Gasteiger partial charge in [-0.05, 0) is 43.6 Å². The van der Waals surface area contributed by atoms with Crippen LogP contribution in [0.4, 0.5) is 0 Å². The Kier molecular flexibility index (Phi) is 3.75. The molecule has 1 fully saturated rings. The number of benzene rings is 1. The third-order valence-electron chi connectivity index (χ3n) is 3.26. The Balaban J connectivity index is 1.89. The van der Waals surface area contributed by atoms with Crippen molar-refractivity contribution in [1.82, 2.24) is 4.90 Å². The lowest BCUT2D eigenvalue weighted by Gasteiger charge is -2.28. The van der Waals surface area contributed by atoms with Gasteiger partial charge < -0.3 is 0 Å². The molecular formula is C14H15N3. The van der Waals surface area contributed by atoms with Gasteiger partial charge in [-0.3, -0.25) is 4.90 Å². The zero-order valence-electron chi connectivity index (χ0n) is 9.76. The second-order valence-corrected chi connectivity index (χ2v) is 4.49. The number of rotatable bonds is 2. The minimum absolute atomic E-state index is 0.243. The van der Waals surface area contributed by atoms with Crippen LogP contribution in [0.1, 0.15) is 24.0 Å². The zero-order chi connectivity index (χ0) is 12.1. The molecule has 0 saturated carbocycles. The molecule has 0 aliphatic carbocycles. The van der Waals surface area contributed by atoms with E-state index in [4.69, 9.17) is 10.5 Å². The molecule has 1 saturated heterocycles. The molecule has 0 spiro atoms. The highest BCUT2D eigenvalue weighted by atomic mass is 15.1. The quantitative estimate of drug-likeness (QED) is 0.776. The molecule has 0 bridgehead atoms. The van der Waals surface area contributed by atoms with Crippen LogP contribution in [-0.2, 0) is 6.54 Å². The molecule has 1 aliphatic rings. The van der Waals surface area contributed by atoms with Crippen molar-refractivity contribution in [2.75, 3.05) is 13.1 Å². The van der Waals surface area contributed by atoms with Crippen molar-refractivity contribution < 1.29 is 0 Å². The fraction of sp³-hybridized carbons (Fsp3) is 0.429. The number of hydrogen-bond donors (Lipinski definition) is 0. The van der Waals surface area contributed by atoms with Crippen molar-refractivity contribution >= 4 is 0 Å². The molecule has 0 atom stereocenters. The van der Waals surface area contributed by atoms with Crippen LogP contribution in [-0.4, -0.2) is 18.0 Å². The molecule has 0 aromatic heterocycles. The molecule has 1 aromatic carbocycles. The number of nitriles is 2. The fourth-order valence-corrected chi connectivity index (χ4v) is 2.16. The van der Waals surface area contributed by atoms with E-state index in [1.54, 1.807) is 0 Å². The highest BCUT2D eigenvalue weighted by Crippen LogP contribution is 2.18. The maximum Gasteiger partial charge on any atom is 0.0991 e. The summed E-state index contributed by atoms with van der Waals surface area (Å²) < 4.78 is 0. The van der Waals surface area contributed by atoms with Gasteiger partial charge in [0.05, 0.1) is 17.7 Å². The Bertz CT molecular complexity index is 442. The van der Waals surface area contributed by atoms with Crippen molar-refractivity contribution in [2.45, 2.75) is 19.4 Å². The number of piperidine rings is 1. The molecule has 2 rings (SSSR count). The van der Waals surface area contributed by atoms with Gasteiger partial charge in [-0.15, -0.1) is 0 Å². The van der Waals surface area contributed by atoms with Gasteiger partial charge in [0.2, 0.25) is 0 Å². The topological polar surface area (TPSA) is 50.8 Å². The van der Waals surface area contributed by atoms with Gasteiger partial charge in [-0.2, -0.15) is 10.5 Å². The average Bonchev–Trinajstić information content (AvgIpc) is 2.40. The van der Waals surface area contributed by atoms with Crippen molar-refractivity contribution in [3.8, 4) is 12.1 Å². The first kappa shape index (κ1) is 11.6. The summed E-state index contributed by atoms with van der Waals surface area (Å²) in [7, 11) is 0. The molecular weight excluding hydrogens is 210 g/mol. The molecule has 0 amide bonds. The van der Waals surface area contributed by atoms with E-state index >= 15 is 0 Å². The highest BCUT2D eigenvalue weighted by Gasteiger charge is 2.18.